The van der Waals surface area contributed by atoms with Crippen LogP contribution in [0, 0.1) is 12.7 Å². The molecule has 22 heavy (non-hydrogen) atoms. The highest BCUT2D eigenvalue weighted by molar-refractivity contribution is 5.86. The number of halogens is 1. The third kappa shape index (κ3) is 1.99. The Labute approximate surface area is 130 Å². The molecule has 3 atom stereocenters. The van der Waals surface area contributed by atoms with Gasteiger partial charge in [-0.1, -0.05) is 12.1 Å². The van der Waals surface area contributed by atoms with Gasteiger partial charge in [-0.3, -0.25) is 4.79 Å². The molecule has 2 aliphatic rings. The van der Waals surface area contributed by atoms with E-state index in [-0.39, 0.29) is 17.8 Å². The van der Waals surface area contributed by atoms with Crippen LogP contribution < -0.4 is 5.73 Å². The molecule has 0 radical (unpaired) electrons. The maximum atomic E-state index is 14.6. The average Bonchev–Trinajstić information content (AvgIpc) is 2.86. The van der Waals surface area contributed by atoms with Gasteiger partial charge >= 0.3 is 0 Å². The van der Waals surface area contributed by atoms with Gasteiger partial charge in [0.1, 0.15) is 5.82 Å². The van der Waals surface area contributed by atoms with Crippen molar-refractivity contribution in [3.05, 3.63) is 35.1 Å². The minimum Gasteiger partial charge on any atom is -0.388 e. The number of nitrogens with two attached hydrogens (primary N) is 1. The van der Waals surface area contributed by atoms with Crippen LogP contribution in [0.5, 0.6) is 0 Å². The number of amides is 1. The first-order valence-electron chi connectivity index (χ1n) is 7.75. The number of fused-ring (bicyclic) bond motifs is 1. The summed E-state index contributed by atoms with van der Waals surface area (Å²) in [6.45, 7) is 5.25. The summed E-state index contributed by atoms with van der Waals surface area (Å²) in [6, 6.07) is 3.99. The first kappa shape index (κ1) is 15.4. The van der Waals surface area contributed by atoms with Crippen LogP contribution in [0.15, 0.2) is 18.2 Å². The molecule has 1 aromatic carbocycles. The molecule has 3 N–H and O–H groups in total. The molecule has 2 aliphatic heterocycles. The molecule has 0 saturated carbocycles. The molecule has 2 heterocycles. The SMILES string of the molecule is Cc1cccc(F)c1[C@]12CC[C@H](C(C)(C)O)N1C(=O)[C@@H](N)C2. The molecule has 0 bridgehead atoms. The molecule has 0 aromatic heterocycles. The van der Waals surface area contributed by atoms with Gasteiger partial charge in [0.15, 0.2) is 0 Å². The summed E-state index contributed by atoms with van der Waals surface area (Å²) in [4.78, 5) is 14.3. The molecule has 1 amide bonds. The van der Waals surface area contributed by atoms with Gasteiger partial charge in [-0.15, -0.1) is 0 Å². The van der Waals surface area contributed by atoms with E-state index in [4.69, 9.17) is 5.73 Å². The van der Waals surface area contributed by atoms with E-state index in [0.29, 0.717) is 24.8 Å². The number of rotatable bonds is 2. The second kappa shape index (κ2) is 4.77. The van der Waals surface area contributed by atoms with E-state index in [1.807, 2.05) is 13.0 Å². The standard InChI is InChI=1S/C17H23FN2O2/c1-10-5-4-6-11(18)14(10)17-8-7-13(16(2,3)22)20(17)15(21)12(19)9-17/h4-6,12-13,22H,7-9,19H2,1-3H3/t12-,13+,17+/m0/s1. The summed E-state index contributed by atoms with van der Waals surface area (Å²) in [5.41, 5.74) is 5.62. The van der Waals surface area contributed by atoms with Gasteiger partial charge in [0.25, 0.3) is 0 Å². The van der Waals surface area contributed by atoms with Crippen LogP contribution in [-0.4, -0.2) is 33.6 Å². The zero-order valence-corrected chi connectivity index (χ0v) is 13.3. The van der Waals surface area contributed by atoms with Crippen molar-refractivity contribution in [3.8, 4) is 0 Å². The van der Waals surface area contributed by atoms with Gasteiger partial charge in [0, 0.05) is 5.56 Å². The maximum absolute atomic E-state index is 14.6. The molecule has 3 rings (SSSR count). The highest BCUT2D eigenvalue weighted by Gasteiger charge is 2.60. The molecular weight excluding hydrogens is 283 g/mol. The number of carbonyl (C=O) groups is 1. The Morgan fingerprint density at radius 3 is 2.73 bits per heavy atom. The van der Waals surface area contributed by atoms with E-state index in [1.54, 1.807) is 24.8 Å². The Balaban J connectivity index is 2.18. The molecule has 0 spiro atoms. The lowest BCUT2D eigenvalue weighted by atomic mass is 9.82. The summed E-state index contributed by atoms with van der Waals surface area (Å²) in [5.74, 6) is -0.490. The number of aliphatic hydroxyl groups is 1. The molecule has 2 saturated heterocycles. The van der Waals surface area contributed by atoms with Gasteiger partial charge in [-0.25, -0.2) is 4.39 Å². The minimum atomic E-state index is -1.04. The predicted octanol–water partition coefficient (Wildman–Crippen LogP) is 1.82. The number of hydrogen-bond acceptors (Lipinski definition) is 3. The first-order valence-corrected chi connectivity index (χ1v) is 7.75. The zero-order valence-electron chi connectivity index (χ0n) is 13.3. The summed E-state index contributed by atoms with van der Waals surface area (Å²) < 4.78 is 14.6. The van der Waals surface area contributed by atoms with Gasteiger partial charge in [0.2, 0.25) is 5.91 Å². The normalized spacial score (nSPS) is 31.7. The highest BCUT2D eigenvalue weighted by atomic mass is 19.1. The predicted molar refractivity (Wildman–Crippen MR) is 81.6 cm³/mol. The minimum absolute atomic E-state index is 0.188. The fourth-order valence-electron chi connectivity index (χ4n) is 4.36. The largest absolute Gasteiger partial charge is 0.388 e. The summed E-state index contributed by atoms with van der Waals surface area (Å²) in [6.07, 6.45) is 1.68. The lowest BCUT2D eigenvalue weighted by molar-refractivity contribution is -0.138. The number of nitrogens with zero attached hydrogens (tertiary/aromatic N) is 1. The quantitative estimate of drug-likeness (QED) is 0.876. The third-order valence-corrected chi connectivity index (χ3v) is 5.22. The Kier molecular flexibility index (Phi) is 3.34. The van der Waals surface area contributed by atoms with Crippen molar-refractivity contribution < 1.29 is 14.3 Å². The molecule has 2 fully saturated rings. The van der Waals surface area contributed by atoms with Crippen molar-refractivity contribution >= 4 is 5.91 Å². The summed E-state index contributed by atoms with van der Waals surface area (Å²) in [7, 11) is 0. The highest BCUT2D eigenvalue weighted by Crippen LogP contribution is 2.53. The molecular formula is C17H23FN2O2. The van der Waals surface area contributed by atoms with Crippen molar-refractivity contribution in [1.29, 1.82) is 0 Å². The molecule has 120 valence electrons. The molecule has 4 nitrogen and oxygen atoms in total. The summed E-state index contributed by atoms with van der Waals surface area (Å²) in [5, 5.41) is 10.4. The van der Waals surface area contributed by atoms with Gasteiger partial charge in [-0.05, 0) is 51.7 Å². The third-order valence-electron chi connectivity index (χ3n) is 5.22. The summed E-state index contributed by atoms with van der Waals surface area (Å²) >= 11 is 0. The Morgan fingerprint density at radius 2 is 2.14 bits per heavy atom. The van der Waals surface area contributed by atoms with Crippen LogP contribution in [0.4, 0.5) is 4.39 Å². The van der Waals surface area contributed by atoms with Gasteiger partial charge in [-0.2, -0.15) is 0 Å². The molecule has 1 aromatic rings. The maximum Gasteiger partial charge on any atom is 0.240 e. The van der Waals surface area contributed by atoms with Gasteiger partial charge in [0.05, 0.1) is 23.2 Å². The van der Waals surface area contributed by atoms with Crippen LogP contribution in [0.25, 0.3) is 0 Å². The van der Waals surface area contributed by atoms with Crippen LogP contribution in [0.3, 0.4) is 0 Å². The van der Waals surface area contributed by atoms with Crippen molar-refractivity contribution in [2.45, 2.75) is 63.3 Å². The van der Waals surface area contributed by atoms with Crippen molar-refractivity contribution in [1.82, 2.24) is 4.90 Å². The van der Waals surface area contributed by atoms with Crippen LogP contribution in [0.1, 0.15) is 44.2 Å². The fraction of sp³-hybridized carbons (Fsp3) is 0.588. The van der Waals surface area contributed by atoms with E-state index in [2.05, 4.69) is 0 Å². The Bertz CT molecular complexity index is 605. The monoisotopic (exact) mass is 306 g/mol. The zero-order chi connectivity index (χ0) is 16.3. The van der Waals surface area contributed by atoms with Crippen molar-refractivity contribution in [2.24, 2.45) is 5.73 Å². The van der Waals surface area contributed by atoms with Crippen LogP contribution in [0.2, 0.25) is 0 Å². The van der Waals surface area contributed by atoms with E-state index in [9.17, 15) is 14.3 Å². The number of carbonyl (C=O) groups excluding carboxylic acids is 1. The van der Waals surface area contributed by atoms with Crippen molar-refractivity contribution in [3.63, 3.8) is 0 Å². The van der Waals surface area contributed by atoms with E-state index in [1.165, 1.54) is 6.07 Å². The lowest BCUT2D eigenvalue weighted by Gasteiger charge is -2.40. The number of benzene rings is 1. The smallest absolute Gasteiger partial charge is 0.240 e. The van der Waals surface area contributed by atoms with Crippen LogP contribution in [-0.2, 0) is 10.3 Å². The van der Waals surface area contributed by atoms with Gasteiger partial charge < -0.3 is 15.7 Å². The first-order chi connectivity index (χ1) is 10.2. The fourth-order valence-corrected chi connectivity index (χ4v) is 4.36. The molecule has 5 heteroatoms. The number of hydrogen-bond donors (Lipinski definition) is 2. The van der Waals surface area contributed by atoms with E-state index >= 15 is 0 Å². The second-order valence-corrected chi connectivity index (χ2v) is 7.19. The second-order valence-electron chi connectivity index (χ2n) is 7.19. The molecule has 0 unspecified atom stereocenters. The molecule has 0 aliphatic carbocycles. The number of aryl methyl sites for hydroxylation is 1. The van der Waals surface area contributed by atoms with E-state index < -0.39 is 17.2 Å². The average molecular weight is 306 g/mol. The Hall–Kier alpha value is -1.46. The van der Waals surface area contributed by atoms with Crippen molar-refractivity contribution in [2.75, 3.05) is 0 Å². The Morgan fingerprint density at radius 1 is 1.45 bits per heavy atom. The topological polar surface area (TPSA) is 66.6 Å². The van der Waals surface area contributed by atoms with Crippen LogP contribution >= 0.6 is 0 Å². The lowest BCUT2D eigenvalue weighted by Crippen LogP contribution is -2.52. The van der Waals surface area contributed by atoms with E-state index in [0.717, 1.165) is 5.56 Å².